The lowest BCUT2D eigenvalue weighted by Crippen LogP contribution is -2.38. The molecular weight excluding hydrogens is 538 g/mol. The summed E-state index contributed by atoms with van der Waals surface area (Å²) < 4.78 is 31.2. The first kappa shape index (κ1) is 35.5. The Bertz CT molecular complexity index is 968. The summed E-state index contributed by atoms with van der Waals surface area (Å²) in [6.07, 6.45) is 1.51. The summed E-state index contributed by atoms with van der Waals surface area (Å²) >= 11 is 0. The molecule has 0 aromatic heterocycles. The SMILES string of the molecule is CCCCCOC(=O)Oc1ccc(C(CC(C)OC(=O)OC(C)CC)[C@H](N)C(=O)O)cc1OC(=O)OCCCCC. The molecule has 1 rings (SSSR count). The van der Waals surface area contributed by atoms with Crippen LogP contribution in [0.5, 0.6) is 11.5 Å². The van der Waals surface area contributed by atoms with E-state index in [4.69, 9.17) is 34.2 Å². The summed E-state index contributed by atoms with van der Waals surface area (Å²) in [5.74, 6) is -2.51. The van der Waals surface area contributed by atoms with Crippen LogP contribution < -0.4 is 15.2 Å². The predicted molar refractivity (Wildman–Crippen MR) is 149 cm³/mol. The van der Waals surface area contributed by atoms with Gasteiger partial charge in [0.25, 0.3) is 0 Å². The number of benzene rings is 1. The second-order valence-corrected chi connectivity index (χ2v) is 9.74. The quantitative estimate of drug-likeness (QED) is 0.0854. The zero-order valence-electron chi connectivity index (χ0n) is 24.7. The molecule has 12 heteroatoms. The van der Waals surface area contributed by atoms with Gasteiger partial charge in [-0.05, 0) is 57.2 Å². The lowest BCUT2D eigenvalue weighted by molar-refractivity contribution is -0.139. The van der Waals surface area contributed by atoms with Crippen molar-refractivity contribution in [3.63, 3.8) is 0 Å². The number of carbonyl (C=O) groups is 4. The van der Waals surface area contributed by atoms with Crippen LogP contribution >= 0.6 is 0 Å². The summed E-state index contributed by atoms with van der Waals surface area (Å²) in [7, 11) is 0. The van der Waals surface area contributed by atoms with Crippen LogP contribution in [0.25, 0.3) is 0 Å². The molecule has 0 aliphatic heterocycles. The van der Waals surface area contributed by atoms with E-state index in [9.17, 15) is 24.3 Å². The largest absolute Gasteiger partial charge is 0.513 e. The van der Waals surface area contributed by atoms with Crippen LogP contribution in [-0.4, -0.2) is 61.0 Å². The molecular formula is C29H45NO11. The molecule has 12 nitrogen and oxygen atoms in total. The number of carboxylic acid groups (broad SMARTS) is 1. The minimum Gasteiger partial charge on any atom is -0.480 e. The van der Waals surface area contributed by atoms with Gasteiger partial charge in [-0.1, -0.05) is 52.5 Å². The van der Waals surface area contributed by atoms with Gasteiger partial charge >= 0.3 is 24.4 Å². The first-order valence-electron chi connectivity index (χ1n) is 14.2. The van der Waals surface area contributed by atoms with Crippen LogP contribution in [0.2, 0.25) is 0 Å². The Morgan fingerprint density at radius 2 is 1.32 bits per heavy atom. The van der Waals surface area contributed by atoms with Crippen LogP contribution in [0.15, 0.2) is 18.2 Å². The van der Waals surface area contributed by atoms with Crippen molar-refractivity contribution in [3.05, 3.63) is 23.8 Å². The van der Waals surface area contributed by atoms with Crippen molar-refractivity contribution in [1.82, 2.24) is 0 Å². The molecule has 3 unspecified atom stereocenters. The molecule has 0 amide bonds. The van der Waals surface area contributed by atoms with Crippen molar-refractivity contribution in [2.24, 2.45) is 5.73 Å². The first-order chi connectivity index (χ1) is 19.5. The number of aliphatic carboxylic acids is 1. The Balaban J connectivity index is 3.21. The number of nitrogens with two attached hydrogens (primary N) is 1. The fraction of sp³-hybridized carbons (Fsp3) is 0.655. The third kappa shape index (κ3) is 14.1. The molecule has 0 bridgehead atoms. The zero-order chi connectivity index (χ0) is 30.8. The average molecular weight is 584 g/mol. The highest BCUT2D eigenvalue weighted by Crippen LogP contribution is 2.35. The third-order valence-electron chi connectivity index (χ3n) is 6.19. The maximum Gasteiger partial charge on any atom is 0.513 e. The van der Waals surface area contributed by atoms with Crippen LogP contribution in [-0.2, 0) is 23.7 Å². The van der Waals surface area contributed by atoms with Crippen LogP contribution in [0.1, 0.15) is 97.5 Å². The minimum atomic E-state index is -1.41. The standard InChI is InChI=1S/C29H45NO11/c1-6-9-11-15-36-27(33)40-23-14-13-21(18-24(23)41-28(34)37-16-12-10-7-2)22(25(30)26(31)32)17-20(5)39-29(35)38-19(4)8-3/h13-14,18-20,22,25H,6-12,15-17,30H2,1-5H3,(H,31,32)/t19?,20?,22?,25-/m0/s1. The van der Waals surface area contributed by atoms with E-state index >= 15 is 0 Å². The van der Waals surface area contributed by atoms with Crippen molar-refractivity contribution in [2.45, 2.75) is 110 Å². The average Bonchev–Trinajstić information content (AvgIpc) is 2.92. The fourth-order valence-corrected chi connectivity index (χ4v) is 3.68. The minimum absolute atomic E-state index is 0.00362. The molecule has 0 saturated carbocycles. The highest BCUT2D eigenvalue weighted by atomic mass is 16.7. The first-order valence-corrected chi connectivity index (χ1v) is 14.2. The molecule has 0 aliphatic carbocycles. The summed E-state index contributed by atoms with van der Waals surface area (Å²) in [6, 6.07) is 2.75. The molecule has 0 aliphatic rings. The van der Waals surface area contributed by atoms with Gasteiger partial charge in [0.2, 0.25) is 0 Å². The van der Waals surface area contributed by atoms with Crippen molar-refractivity contribution >= 4 is 24.4 Å². The van der Waals surface area contributed by atoms with Gasteiger partial charge in [-0.2, -0.15) is 0 Å². The molecule has 41 heavy (non-hydrogen) atoms. The molecule has 1 aromatic rings. The van der Waals surface area contributed by atoms with Crippen LogP contribution in [0.3, 0.4) is 0 Å². The van der Waals surface area contributed by atoms with E-state index in [1.165, 1.54) is 18.2 Å². The maximum absolute atomic E-state index is 12.4. The lowest BCUT2D eigenvalue weighted by Gasteiger charge is -2.25. The smallest absolute Gasteiger partial charge is 0.480 e. The fourth-order valence-electron chi connectivity index (χ4n) is 3.68. The van der Waals surface area contributed by atoms with E-state index in [1.807, 2.05) is 20.8 Å². The van der Waals surface area contributed by atoms with Gasteiger partial charge in [0.1, 0.15) is 18.2 Å². The summed E-state index contributed by atoms with van der Waals surface area (Å²) in [4.78, 5) is 48.6. The van der Waals surface area contributed by atoms with Crippen molar-refractivity contribution < 1.29 is 52.7 Å². The second-order valence-electron chi connectivity index (χ2n) is 9.74. The van der Waals surface area contributed by atoms with Crippen molar-refractivity contribution in [2.75, 3.05) is 13.2 Å². The van der Waals surface area contributed by atoms with Gasteiger partial charge < -0.3 is 39.3 Å². The van der Waals surface area contributed by atoms with Gasteiger partial charge in [-0.25, -0.2) is 14.4 Å². The normalized spacial score (nSPS) is 13.7. The van der Waals surface area contributed by atoms with Gasteiger partial charge in [0.15, 0.2) is 11.5 Å². The van der Waals surface area contributed by atoms with Crippen molar-refractivity contribution in [3.8, 4) is 11.5 Å². The van der Waals surface area contributed by atoms with Crippen LogP contribution in [0.4, 0.5) is 14.4 Å². The van der Waals surface area contributed by atoms with E-state index in [0.717, 1.165) is 25.7 Å². The zero-order valence-corrected chi connectivity index (χ0v) is 24.7. The monoisotopic (exact) mass is 583 g/mol. The van der Waals surface area contributed by atoms with Crippen molar-refractivity contribution in [1.29, 1.82) is 0 Å². The van der Waals surface area contributed by atoms with E-state index in [2.05, 4.69) is 0 Å². The van der Waals surface area contributed by atoms with E-state index in [1.54, 1.807) is 13.8 Å². The van der Waals surface area contributed by atoms with Crippen LogP contribution in [0, 0.1) is 0 Å². The number of ether oxygens (including phenoxy) is 6. The number of unbranched alkanes of at least 4 members (excludes halogenated alkanes) is 4. The topological polar surface area (TPSA) is 170 Å². The molecule has 0 saturated heterocycles. The Morgan fingerprint density at radius 1 is 0.780 bits per heavy atom. The lowest BCUT2D eigenvalue weighted by atomic mass is 9.87. The predicted octanol–water partition coefficient (Wildman–Crippen LogP) is 6.32. The number of rotatable bonds is 18. The van der Waals surface area contributed by atoms with E-state index < -0.39 is 42.5 Å². The highest BCUT2D eigenvalue weighted by molar-refractivity contribution is 5.75. The molecule has 0 radical (unpaired) electrons. The second kappa shape index (κ2) is 19.5. The Kier molecular flexibility index (Phi) is 16.9. The molecule has 0 heterocycles. The maximum atomic E-state index is 12.4. The van der Waals surface area contributed by atoms with Gasteiger partial charge in [0, 0.05) is 5.92 Å². The molecule has 3 N–H and O–H groups in total. The van der Waals surface area contributed by atoms with Gasteiger partial charge in [-0.15, -0.1) is 0 Å². The van der Waals surface area contributed by atoms with E-state index in [-0.39, 0.29) is 37.2 Å². The molecule has 4 atom stereocenters. The van der Waals surface area contributed by atoms with E-state index in [0.29, 0.717) is 24.8 Å². The third-order valence-corrected chi connectivity index (χ3v) is 6.19. The Hall–Kier alpha value is -3.54. The Labute approximate surface area is 241 Å². The Morgan fingerprint density at radius 3 is 1.83 bits per heavy atom. The molecule has 0 spiro atoms. The summed E-state index contributed by atoms with van der Waals surface area (Å²) in [6.45, 7) is 9.47. The summed E-state index contributed by atoms with van der Waals surface area (Å²) in [5, 5.41) is 9.66. The number of carboxylic acids is 1. The molecule has 232 valence electrons. The van der Waals surface area contributed by atoms with Gasteiger partial charge in [-0.3, -0.25) is 4.79 Å². The van der Waals surface area contributed by atoms with Gasteiger partial charge in [0.05, 0.1) is 13.2 Å². The highest BCUT2D eigenvalue weighted by Gasteiger charge is 2.30. The molecule has 1 aromatic carbocycles. The number of hydrogen-bond donors (Lipinski definition) is 2. The molecule has 0 fully saturated rings. The number of hydrogen-bond acceptors (Lipinski definition) is 11. The summed E-state index contributed by atoms with van der Waals surface area (Å²) in [5.41, 5.74) is 6.35. The number of carbonyl (C=O) groups excluding carboxylic acids is 3.